The van der Waals surface area contributed by atoms with E-state index < -0.39 is 0 Å². The molecule has 21 heavy (non-hydrogen) atoms. The number of fused-ring (bicyclic) bond motifs is 1. The van der Waals surface area contributed by atoms with Gasteiger partial charge in [-0.1, -0.05) is 19.1 Å². The average molecular weight is 320 g/mol. The van der Waals surface area contributed by atoms with Crippen LogP contribution in [0.25, 0.3) is 0 Å². The van der Waals surface area contributed by atoms with Gasteiger partial charge in [0.05, 0.1) is 0 Å². The third-order valence-electron chi connectivity index (χ3n) is 3.45. The van der Waals surface area contributed by atoms with E-state index in [-0.39, 0.29) is 6.10 Å². The molecule has 0 amide bonds. The third kappa shape index (κ3) is 3.42. The second-order valence-electron chi connectivity index (χ2n) is 5.14. The molecule has 0 spiro atoms. The molecule has 2 aromatic rings. The van der Waals surface area contributed by atoms with Gasteiger partial charge in [-0.05, 0) is 32.0 Å². The zero-order chi connectivity index (χ0) is 14.7. The molecular weight excluding hydrogens is 300 g/mol. The van der Waals surface area contributed by atoms with Crippen molar-refractivity contribution in [1.82, 2.24) is 10.3 Å². The van der Waals surface area contributed by atoms with Crippen molar-refractivity contribution in [2.24, 2.45) is 0 Å². The number of rotatable bonds is 5. The van der Waals surface area contributed by atoms with Crippen molar-refractivity contribution in [3.8, 4) is 5.75 Å². The van der Waals surface area contributed by atoms with Gasteiger partial charge in [0.1, 0.15) is 10.8 Å². The van der Waals surface area contributed by atoms with Crippen LogP contribution in [0.4, 0.5) is 0 Å². The van der Waals surface area contributed by atoms with E-state index in [0.717, 1.165) is 29.5 Å². The maximum Gasteiger partial charge on any atom is 0.159 e. The Labute approximate surface area is 134 Å². The topological polar surface area (TPSA) is 34.2 Å². The van der Waals surface area contributed by atoms with Crippen LogP contribution < -0.4 is 10.1 Å². The van der Waals surface area contributed by atoms with Crippen LogP contribution in [0, 0.1) is 0 Å². The molecule has 1 aliphatic rings. The summed E-state index contributed by atoms with van der Waals surface area (Å²) >= 11 is 3.61. The summed E-state index contributed by atoms with van der Waals surface area (Å²) in [5.41, 5.74) is 0. The first kappa shape index (κ1) is 14.9. The van der Waals surface area contributed by atoms with E-state index in [1.807, 2.05) is 30.1 Å². The van der Waals surface area contributed by atoms with Gasteiger partial charge in [-0.3, -0.25) is 0 Å². The van der Waals surface area contributed by atoms with Crippen LogP contribution in [-0.4, -0.2) is 17.3 Å². The van der Waals surface area contributed by atoms with Gasteiger partial charge in [-0.15, -0.1) is 23.1 Å². The first-order valence-corrected chi connectivity index (χ1v) is 9.15. The fraction of sp³-hybridized carbons (Fsp3) is 0.438. The Morgan fingerprint density at radius 3 is 3.14 bits per heavy atom. The molecule has 0 radical (unpaired) electrons. The molecule has 0 bridgehead atoms. The SMILES string of the molecule is CCCNC(C)c1cnc(C2CSc3ccccc3O2)s1. The Morgan fingerprint density at radius 1 is 1.43 bits per heavy atom. The van der Waals surface area contributed by atoms with Gasteiger partial charge in [-0.2, -0.15) is 0 Å². The molecule has 1 aromatic carbocycles. The van der Waals surface area contributed by atoms with Crippen molar-refractivity contribution in [2.75, 3.05) is 12.3 Å². The molecule has 1 aliphatic heterocycles. The number of nitrogens with one attached hydrogen (secondary N) is 1. The normalized spacial score (nSPS) is 18.9. The lowest BCUT2D eigenvalue weighted by molar-refractivity contribution is 0.220. The van der Waals surface area contributed by atoms with Crippen molar-refractivity contribution in [3.05, 3.63) is 40.3 Å². The molecular formula is C16H20N2OS2. The van der Waals surface area contributed by atoms with E-state index in [9.17, 15) is 0 Å². The van der Waals surface area contributed by atoms with E-state index in [2.05, 4.69) is 36.3 Å². The number of aromatic nitrogens is 1. The van der Waals surface area contributed by atoms with Gasteiger partial charge >= 0.3 is 0 Å². The van der Waals surface area contributed by atoms with Crippen LogP contribution in [0.5, 0.6) is 5.75 Å². The number of hydrogen-bond acceptors (Lipinski definition) is 5. The van der Waals surface area contributed by atoms with E-state index in [0.29, 0.717) is 6.04 Å². The molecule has 2 heterocycles. The fourth-order valence-electron chi connectivity index (χ4n) is 2.25. The summed E-state index contributed by atoms with van der Waals surface area (Å²) < 4.78 is 6.10. The first-order chi connectivity index (χ1) is 10.3. The highest BCUT2D eigenvalue weighted by Gasteiger charge is 2.24. The summed E-state index contributed by atoms with van der Waals surface area (Å²) in [7, 11) is 0. The van der Waals surface area contributed by atoms with Crippen molar-refractivity contribution < 1.29 is 4.74 Å². The van der Waals surface area contributed by atoms with Crippen LogP contribution in [-0.2, 0) is 0 Å². The summed E-state index contributed by atoms with van der Waals surface area (Å²) in [5.74, 6) is 1.91. The van der Waals surface area contributed by atoms with Crippen LogP contribution in [0.2, 0.25) is 0 Å². The molecule has 0 saturated carbocycles. The predicted octanol–water partition coefficient (Wildman–Crippen LogP) is 4.43. The van der Waals surface area contributed by atoms with E-state index in [1.54, 1.807) is 11.3 Å². The number of ether oxygens (including phenoxy) is 1. The van der Waals surface area contributed by atoms with Crippen LogP contribution in [0.15, 0.2) is 35.4 Å². The molecule has 3 rings (SSSR count). The molecule has 1 aromatic heterocycles. The molecule has 0 saturated heterocycles. The Morgan fingerprint density at radius 2 is 2.29 bits per heavy atom. The molecule has 112 valence electrons. The Balaban J connectivity index is 1.70. The Kier molecular flexibility index (Phi) is 4.83. The molecule has 3 nitrogen and oxygen atoms in total. The van der Waals surface area contributed by atoms with E-state index >= 15 is 0 Å². The van der Waals surface area contributed by atoms with E-state index in [1.165, 1.54) is 9.77 Å². The molecule has 2 atom stereocenters. The lowest BCUT2D eigenvalue weighted by atomic mass is 10.3. The zero-order valence-electron chi connectivity index (χ0n) is 12.3. The zero-order valence-corrected chi connectivity index (χ0v) is 14.0. The minimum absolute atomic E-state index is 0.0713. The van der Waals surface area contributed by atoms with Gasteiger partial charge in [0.2, 0.25) is 0 Å². The minimum Gasteiger partial charge on any atom is -0.481 e. The summed E-state index contributed by atoms with van der Waals surface area (Å²) in [6.45, 7) is 5.42. The predicted molar refractivity (Wildman–Crippen MR) is 89.4 cm³/mol. The number of para-hydroxylation sites is 1. The van der Waals surface area contributed by atoms with Gasteiger partial charge in [0, 0.05) is 27.8 Å². The molecule has 0 aliphatic carbocycles. The van der Waals surface area contributed by atoms with Crippen LogP contribution in [0.3, 0.4) is 0 Å². The molecule has 2 unspecified atom stereocenters. The number of nitrogens with zero attached hydrogens (tertiary/aromatic N) is 1. The largest absolute Gasteiger partial charge is 0.481 e. The first-order valence-electron chi connectivity index (χ1n) is 7.35. The number of thioether (sulfide) groups is 1. The summed E-state index contributed by atoms with van der Waals surface area (Å²) in [4.78, 5) is 7.09. The van der Waals surface area contributed by atoms with E-state index in [4.69, 9.17) is 4.74 Å². The van der Waals surface area contributed by atoms with Crippen molar-refractivity contribution in [3.63, 3.8) is 0 Å². The average Bonchev–Trinajstić information content (AvgIpc) is 3.02. The van der Waals surface area contributed by atoms with Crippen LogP contribution in [0.1, 0.15) is 42.3 Å². The standard InChI is InChI=1S/C16H20N2OS2/c1-3-8-17-11(2)15-9-18-16(21-15)13-10-20-14-7-5-4-6-12(14)19-13/h4-7,9,11,13,17H,3,8,10H2,1-2H3. The van der Waals surface area contributed by atoms with Crippen molar-refractivity contribution in [2.45, 2.75) is 37.3 Å². The number of thiazole rings is 1. The maximum atomic E-state index is 6.10. The quantitative estimate of drug-likeness (QED) is 0.884. The molecule has 5 heteroatoms. The van der Waals surface area contributed by atoms with Crippen molar-refractivity contribution >= 4 is 23.1 Å². The summed E-state index contributed by atoms with van der Waals surface area (Å²) in [5, 5.41) is 4.59. The lowest BCUT2D eigenvalue weighted by Gasteiger charge is -2.23. The second kappa shape index (κ2) is 6.81. The van der Waals surface area contributed by atoms with Crippen molar-refractivity contribution in [1.29, 1.82) is 0 Å². The highest BCUT2D eigenvalue weighted by Crippen LogP contribution is 2.41. The molecule has 1 N–H and O–H groups in total. The second-order valence-corrected chi connectivity index (χ2v) is 7.30. The van der Waals surface area contributed by atoms with Crippen LogP contribution >= 0.6 is 23.1 Å². The summed E-state index contributed by atoms with van der Waals surface area (Å²) in [6.07, 6.45) is 3.21. The third-order valence-corrected chi connectivity index (χ3v) is 5.84. The number of hydrogen-bond donors (Lipinski definition) is 1. The highest BCUT2D eigenvalue weighted by molar-refractivity contribution is 7.99. The fourth-order valence-corrected chi connectivity index (χ4v) is 4.32. The maximum absolute atomic E-state index is 6.10. The lowest BCUT2D eigenvalue weighted by Crippen LogP contribution is -2.18. The van der Waals surface area contributed by atoms with Gasteiger partial charge in [0.25, 0.3) is 0 Å². The van der Waals surface area contributed by atoms with Gasteiger partial charge in [0.15, 0.2) is 6.10 Å². The van der Waals surface area contributed by atoms with Gasteiger partial charge in [-0.25, -0.2) is 4.98 Å². The Hall–Kier alpha value is -1.04. The molecule has 0 fully saturated rings. The Bertz CT molecular complexity index is 599. The number of benzene rings is 1. The smallest absolute Gasteiger partial charge is 0.159 e. The van der Waals surface area contributed by atoms with Gasteiger partial charge < -0.3 is 10.1 Å². The minimum atomic E-state index is 0.0713. The highest BCUT2D eigenvalue weighted by atomic mass is 32.2. The monoisotopic (exact) mass is 320 g/mol. The summed E-state index contributed by atoms with van der Waals surface area (Å²) in [6, 6.07) is 8.58.